The molecule has 0 aliphatic carbocycles. The second kappa shape index (κ2) is 10.4. The van der Waals surface area contributed by atoms with Gasteiger partial charge in [0.1, 0.15) is 11.5 Å². The number of aromatic hydroxyl groups is 1. The van der Waals surface area contributed by atoms with Crippen LogP contribution in [0, 0.1) is 0 Å². The number of fused-ring (bicyclic) bond motifs is 1. The van der Waals surface area contributed by atoms with Crippen molar-refractivity contribution >= 4 is 50.9 Å². The molecule has 1 aliphatic heterocycles. The first-order valence-corrected chi connectivity index (χ1v) is 12.8. The summed E-state index contributed by atoms with van der Waals surface area (Å²) in [5.41, 5.74) is 1.52. The maximum atomic E-state index is 13.6. The van der Waals surface area contributed by atoms with E-state index in [0.29, 0.717) is 53.6 Å². The van der Waals surface area contributed by atoms with Crippen LogP contribution in [-0.2, 0) is 9.53 Å². The minimum Gasteiger partial charge on any atom is -0.506 e. The molecule has 0 bridgehead atoms. The van der Waals surface area contributed by atoms with E-state index in [0.717, 1.165) is 0 Å². The highest BCUT2D eigenvalue weighted by molar-refractivity contribution is 9.10. The summed E-state index contributed by atoms with van der Waals surface area (Å²) in [5.74, 6) is 0.120. The summed E-state index contributed by atoms with van der Waals surface area (Å²) in [4.78, 5) is 31.6. The lowest BCUT2D eigenvalue weighted by Gasteiger charge is -2.24. The van der Waals surface area contributed by atoms with Crippen molar-refractivity contribution in [3.63, 3.8) is 0 Å². The van der Waals surface area contributed by atoms with E-state index < -0.39 is 12.0 Å². The van der Waals surface area contributed by atoms with E-state index in [4.69, 9.17) is 21.1 Å². The molecule has 0 radical (unpaired) electrons. The van der Waals surface area contributed by atoms with Crippen molar-refractivity contribution in [1.82, 2.24) is 4.57 Å². The van der Waals surface area contributed by atoms with Gasteiger partial charge in [0.15, 0.2) is 4.80 Å². The van der Waals surface area contributed by atoms with E-state index in [9.17, 15) is 14.7 Å². The molecule has 4 rings (SSSR count). The molecule has 1 aromatic heterocycles. The quantitative estimate of drug-likeness (QED) is 0.441. The minimum atomic E-state index is -0.733. The highest BCUT2D eigenvalue weighted by Crippen LogP contribution is 2.33. The van der Waals surface area contributed by atoms with Gasteiger partial charge in [0, 0.05) is 10.6 Å². The van der Waals surface area contributed by atoms with Crippen LogP contribution in [0.15, 0.2) is 61.9 Å². The fraction of sp³-hybridized carbons (Fsp3) is 0.240. The highest BCUT2D eigenvalue weighted by Gasteiger charge is 2.33. The molecule has 3 aromatic rings. The number of ether oxygens (including phenoxy) is 2. The van der Waals surface area contributed by atoms with Crippen LogP contribution >= 0.6 is 38.9 Å². The first-order valence-electron chi connectivity index (χ1n) is 10.9. The third kappa shape index (κ3) is 4.94. The van der Waals surface area contributed by atoms with Gasteiger partial charge >= 0.3 is 5.97 Å². The first-order chi connectivity index (χ1) is 16.7. The van der Waals surface area contributed by atoms with Crippen LogP contribution in [0.1, 0.15) is 37.9 Å². The topological polar surface area (TPSA) is 90.1 Å². The third-order valence-electron chi connectivity index (χ3n) is 5.37. The first kappa shape index (κ1) is 25.2. The molecule has 0 amide bonds. The molecule has 0 unspecified atom stereocenters. The average Bonchev–Trinajstić information content (AvgIpc) is 3.11. The summed E-state index contributed by atoms with van der Waals surface area (Å²) in [6.45, 7) is 6.07. The van der Waals surface area contributed by atoms with Crippen LogP contribution < -0.4 is 19.6 Å². The predicted molar refractivity (Wildman–Crippen MR) is 139 cm³/mol. The van der Waals surface area contributed by atoms with Gasteiger partial charge in [0.05, 0.1) is 39.5 Å². The molecule has 0 spiro atoms. The Hall–Kier alpha value is -2.88. The number of nitrogens with zero attached hydrogens (tertiary/aromatic N) is 2. The van der Waals surface area contributed by atoms with Gasteiger partial charge < -0.3 is 14.6 Å². The van der Waals surface area contributed by atoms with E-state index >= 15 is 0 Å². The van der Waals surface area contributed by atoms with Gasteiger partial charge in [-0.1, -0.05) is 35.1 Å². The van der Waals surface area contributed by atoms with Crippen molar-refractivity contribution in [3.05, 3.63) is 88.0 Å². The van der Waals surface area contributed by atoms with Crippen LogP contribution in [0.2, 0.25) is 5.02 Å². The van der Waals surface area contributed by atoms with Gasteiger partial charge in [0.2, 0.25) is 0 Å². The van der Waals surface area contributed by atoms with E-state index in [1.54, 1.807) is 44.2 Å². The number of rotatable bonds is 6. The molecule has 35 heavy (non-hydrogen) atoms. The number of esters is 1. The zero-order chi connectivity index (χ0) is 25.3. The van der Waals surface area contributed by atoms with E-state index in [1.165, 1.54) is 15.9 Å². The number of carbonyl (C=O) groups excluding carboxylic acids is 1. The summed E-state index contributed by atoms with van der Waals surface area (Å²) in [7, 11) is 0. The largest absolute Gasteiger partial charge is 0.506 e. The lowest BCUT2D eigenvalue weighted by Crippen LogP contribution is -2.39. The Morgan fingerprint density at radius 2 is 1.97 bits per heavy atom. The van der Waals surface area contributed by atoms with E-state index in [-0.39, 0.29) is 17.9 Å². The maximum absolute atomic E-state index is 13.6. The van der Waals surface area contributed by atoms with Crippen LogP contribution in [0.4, 0.5) is 0 Å². The number of benzene rings is 2. The Bertz CT molecular complexity index is 1510. The average molecular weight is 578 g/mol. The van der Waals surface area contributed by atoms with Gasteiger partial charge in [0.25, 0.3) is 5.56 Å². The molecule has 0 saturated carbocycles. The number of hydrogen-bond acceptors (Lipinski definition) is 7. The minimum absolute atomic E-state index is 0.0355. The van der Waals surface area contributed by atoms with Crippen molar-refractivity contribution in [1.29, 1.82) is 0 Å². The number of phenols is 1. The number of allylic oxidation sites excluding steroid dienone is 1. The third-order valence-corrected chi connectivity index (χ3v) is 7.17. The molecular formula is C25H22BrClN2O5S. The molecule has 0 saturated heterocycles. The Labute approximate surface area is 218 Å². The standard InChI is InChI=1S/C25H22BrClN2O5S/c1-4-33-17-8-6-14(7-9-17)21-20(24(32)34-5-2)13(3)28-25-29(21)23(31)19(35-25)11-15-10-16(27)12-18(26)22(15)30/h6-12,21,30H,4-5H2,1-3H3/b19-11+/t21-/m0/s1. The van der Waals surface area contributed by atoms with Gasteiger partial charge in [-0.3, -0.25) is 9.36 Å². The van der Waals surface area contributed by atoms with Crippen molar-refractivity contribution < 1.29 is 19.4 Å². The van der Waals surface area contributed by atoms with Gasteiger partial charge in [-0.2, -0.15) is 0 Å². The predicted octanol–water partition coefficient (Wildman–Crippen LogP) is 4.32. The van der Waals surface area contributed by atoms with E-state index in [1.807, 2.05) is 19.1 Å². The number of aromatic nitrogens is 1. The fourth-order valence-corrected chi connectivity index (χ4v) is 5.73. The van der Waals surface area contributed by atoms with Crippen LogP contribution in [-0.4, -0.2) is 28.9 Å². The van der Waals surface area contributed by atoms with Crippen LogP contribution in [0.25, 0.3) is 6.08 Å². The second-order valence-electron chi connectivity index (χ2n) is 7.63. The molecule has 1 N–H and O–H groups in total. The lowest BCUT2D eigenvalue weighted by molar-refractivity contribution is -0.139. The second-order valence-corrected chi connectivity index (χ2v) is 9.93. The zero-order valence-electron chi connectivity index (χ0n) is 19.2. The van der Waals surface area contributed by atoms with Crippen molar-refractivity contribution in [2.75, 3.05) is 13.2 Å². The molecule has 182 valence electrons. The SMILES string of the molecule is CCOC(=O)C1=C(C)N=c2s/c(=C/c3cc(Cl)cc(Br)c3O)c(=O)n2[C@H]1c1ccc(OCC)cc1. The molecule has 1 atom stereocenters. The van der Waals surface area contributed by atoms with Crippen molar-refractivity contribution in [2.24, 2.45) is 4.99 Å². The molecule has 2 heterocycles. The zero-order valence-corrected chi connectivity index (χ0v) is 22.3. The van der Waals surface area contributed by atoms with Gasteiger partial charge in [-0.25, -0.2) is 9.79 Å². The number of phenolic OH excluding ortho intramolecular Hbond substituents is 1. The number of hydrogen-bond donors (Lipinski definition) is 1. The smallest absolute Gasteiger partial charge is 0.338 e. The Morgan fingerprint density at radius 3 is 2.63 bits per heavy atom. The molecule has 2 aromatic carbocycles. The molecule has 7 nitrogen and oxygen atoms in total. The van der Waals surface area contributed by atoms with Crippen molar-refractivity contribution in [3.8, 4) is 11.5 Å². The summed E-state index contributed by atoms with van der Waals surface area (Å²) < 4.78 is 13.1. The summed E-state index contributed by atoms with van der Waals surface area (Å²) >= 11 is 10.6. The molecule has 0 fully saturated rings. The number of carbonyl (C=O) groups is 1. The maximum Gasteiger partial charge on any atom is 0.338 e. The molecule has 10 heteroatoms. The van der Waals surface area contributed by atoms with Crippen LogP contribution in [0.5, 0.6) is 11.5 Å². The summed E-state index contributed by atoms with van der Waals surface area (Å²) in [6.07, 6.45) is 1.56. The Kier molecular flexibility index (Phi) is 7.49. The monoisotopic (exact) mass is 576 g/mol. The lowest BCUT2D eigenvalue weighted by atomic mass is 9.96. The van der Waals surface area contributed by atoms with Crippen LogP contribution in [0.3, 0.4) is 0 Å². The summed E-state index contributed by atoms with van der Waals surface area (Å²) in [5, 5.41) is 10.9. The molecule has 1 aliphatic rings. The fourth-order valence-electron chi connectivity index (χ4n) is 3.86. The van der Waals surface area contributed by atoms with Crippen molar-refractivity contribution in [2.45, 2.75) is 26.8 Å². The Morgan fingerprint density at radius 1 is 1.26 bits per heavy atom. The van der Waals surface area contributed by atoms with E-state index in [2.05, 4.69) is 20.9 Å². The number of thiazole rings is 1. The summed E-state index contributed by atoms with van der Waals surface area (Å²) in [6, 6.07) is 9.65. The highest BCUT2D eigenvalue weighted by atomic mass is 79.9. The molecular weight excluding hydrogens is 556 g/mol. The van der Waals surface area contributed by atoms with Gasteiger partial charge in [-0.05, 0) is 72.6 Å². The number of halogens is 2. The normalized spacial score (nSPS) is 15.6. The Balaban J connectivity index is 1.94. The van der Waals surface area contributed by atoms with Gasteiger partial charge in [-0.15, -0.1) is 0 Å².